The topological polar surface area (TPSA) is 17.1 Å². The van der Waals surface area contributed by atoms with E-state index in [1.807, 2.05) is 48.5 Å². The first kappa shape index (κ1) is 24.8. The lowest BCUT2D eigenvalue weighted by atomic mass is 9.92. The maximum atomic E-state index is 15.2. The van der Waals surface area contributed by atoms with E-state index in [-0.39, 0.29) is 0 Å². The zero-order valence-corrected chi connectivity index (χ0v) is 23.8. The minimum Gasteiger partial charge on any atom is -0.309 e. The summed E-state index contributed by atoms with van der Waals surface area (Å²) in [6, 6.07) is 56.9. The van der Waals surface area contributed by atoms with Crippen molar-refractivity contribution in [2.75, 3.05) is 0 Å². The van der Waals surface area contributed by atoms with Crippen molar-refractivity contribution in [3.05, 3.63) is 164 Å². The van der Waals surface area contributed by atoms with Crippen LogP contribution in [-0.2, 0) is 4.57 Å². The Hall–Kier alpha value is -4.97. The van der Waals surface area contributed by atoms with E-state index in [1.165, 1.54) is 37.9 Å². The molecule has 1 unspecified atom stereocenters. The van der Waals surface area contributed by atoms with Gasteiger partial charge in [0, 0.05) is 15.9 Å². The molecule has 8 aromatic rings. The third kappa shape index (κ3) is 3.97. The summed E-state index contributed by atoms with van der Waals surface area (Å²) in [7, 11) is -3.11. The molecule has 2 heteroatoms. The van der Waals surface area contributed by atoms with Crippen LogP contribution in [0, 0.1) is 0 Å². The molecule has 0 N–H and O–H groups in total. The summed E-state index contributed by atoms with van der Waals surface area (Å²) in [6.07, 6.45) is 0. The molecule has 0 bridgehead atoms. The third-order valence-electron chi connectivity index (χ3n) is 8.48. The smallest absolute Gasteiger partial charge is 0.171 e. The lowest BCUT2D eigenvalue weighted by molar-refractivity contribution is 0.592. The Morgan fingerprint density at radius 2 is 0.881 bits per heavy atom. The number of benzene rings is 8. The van der Waals surface area contributed by atoms with Gasteiger partial charge in [0.15, 0.2) is 7.14 Å². The van der Waals surface area contributed by atoms with Crippen LogP contribution in [0.3, 0.4) is 0 Å². The van der Waals surface area contributed by atoms with Gasteiger partial charge in [0.25, 0.3) is 0 Å². The molecule has 0 aliphatic carbocycles. The first-order valence-electron chi connectivity index (χ1n) is 14.3. The van der Waals surface area contributed by atoms with Gasteiger partial charge in [0.05, 0.1) is 0 Å². The lowest BCUT2D eigenvalue weighted by Crippen LogP contribution is -2.25. The van der Waals surface area contributed by atoms with Crippen molar-refractivity contribution in [3.63, 3.8) is 0 Å². The van der Waals surface area contributed by atoms with Crippen molar-refractivity contribution < 1.29 is 4.57 Å². The zero-order valence-electron chi connectivity index (χ0n) is 22.9. The Morgan fingerprint density at radius 3 is 1.62 bits per heavy atom. The number of fused-ring (bicyclic) bond motifs is 5. The van der Waals surface area contributed by atoms with Gasteiger partial charge >= 0.3 is 0 Å². The molecule has 0 saturated heterocycles. The molecule has 42 heavy (non-hydrogen) atoms. The highest BCUT2D eigenvalue weighted by Gasteiger charge is 2.30. The van der Waals surface area contributed by atoms with E-state index >= 15 is 4.57 Å². The maximum Gasteiger partial charge on any atom is 0.171 e. The van der Waals surface area contributed by atoms with Crippen LogP contribution in [0.5, 0.6) is 0 Å². The maximum absolute atomic E-state index is 15.2. The van der Waals surface area contributed by atoms with Gasteiger partial charge in [0.1, 0.15) is 0 Å². The molecule has 0 aliphatic rings. The molecule has 0 amide bonds. The molecular formula is C40H27OP. The van der Waals surface area contributed by atoms with Crippen LogP contribution < -0.4 is 15.9 Å². The summed E-state index contributed by atoms with van der Waals surface area (Å²) in [4.78, 5) is 0. The molecule has 1 atom stereocenters. The molecule has 0 spiro atoms. The fourth-order valence-corrected chi connectivity index (χ4v) is 9.00. The molecule has 0 aromatic heterocycles. The van der Waals surface area contributed by atoms with Crippen molar-refractivity contribution in [2.45, 2.75) is 0 Å². The van der Waals surface area contributed by atoms with Crippen molar-refractivity contribution in [3.8, 4) is 11.1 Å². The summed E-state index contributed by atoms with van der Waals surface area (Å²) in [5.74, 6) is 0. The summed E-state index contributed by atoms with van der Waals surface area (Å²) in [5, 5.41) is 12.2. The highest BCUT2D eigenvalue weighted by molar-refractivity contribution is 7.85. The van der Waals surface area contributed by atoms with Gasteiger partial charge in [-0.1, -0.05) is 140 Å². The average molecular weight is 555 g/mol. The van der Waals surface area contributed by atoms with E-state index < -0.39 is 7.14 Å². The van der Waals surface area contributed by atoms with E-state index in [2.05, 4.69) is 115 Å². The number of rotatable bonds is 4. The summed E-state index contributed by atoms with van der Waals surface area (Å²) < 4.78 is 15.2. The standard InChI is InChI=1S/C40H27OP/c41-42(34-14-2-1-3-15-34,36-23-18-28-10-4-5-12-31(28)25-36)35-21-19-29(20-22-35)39-27-33-24-30-11-6-7-13-32(30)26-40(33)38-17-9-8-16-37(38)39/h1-27H. The molecule has 0 radical (unpaired) electrons. The van der Waals surface area contributed by atoms with Crippen LogP contribution >= 0.6 is 7.14 Å². The Bertz CT molecular complexity index is 2320. The Balaban J connectivity index is 1.31. The molecule has 8 rings (SSSR count). The van der Waals surface area contributed by atoms with Gasteiger partial charge in [-0.25, -0.2) is 0 Å². The number of hydrogen-bond donors (Lipinski definition) is 0. The van der Waals surface area contributed by atoms with Crippen molar-refractivity contribution in [1.82, 2.24) is 0 Å². The van der Waals surface area contributed by atoms with Crippen molar-refractivity contribution in [1.29, 1.82) is 0 Å². The minimum absolute atomic E-state index is 0.837. The summed E-state index contributed by atoms with van der Waals surface area (Å²) in [5.41, 5.74) is 2.29. The monoisotopic (exact) mass is 554 g/mol. The fourth-order valence-electron chi connectivity index (χ4n) is 6.34. The molecule has 1 nitrogen and oxygen atoms in total. The normalized spacial score (nSPS) is 13.0. The second kappa shape index (κ2) is 9.84. The predicted molar refractivity (Wildman–Crippen MR) is 181 cm³/mol. The quantitative estimate of drug-likeness (QED) is 0.120. The Kier molecular flexibility index (Phi) is 5.81. The molecule has 0 aliphatic heterocycles. The van der Waals surface area contributed by atoms with Gasteiger partial charge in [-0.05, 0) is 78.5 Å². The largest absolute Gasteiger partial charge is 0.309 e. The second-order valence-corrected chi connectivity index (χ2v) is 13.7. The van der Waals surface area contributed by atoms with Gasteiger partial charge in [-0.2, -0.15) is 0 Å². The SMILES string of the molecule is O=P(c1ccccc1)(c1ccc(-c2cc3cc4ccccc4cc3c3ccccc23)cc1)c1ccc2ccccc2c1. The molecule has 0 saturated carbocycles. The van der Waals surface area contributed by atoms with E-state index in [0.29, 0.717) is 0 Å². The highest BCUT2D eigenvalue weighted by atomic mass is 31.2. The van der Waals surface area contributed by atoms with E-state index in [9.17, 15) is 0 Å². The third-order valence-corrected chi connectivity index (χ3v) is 11.5. The van der Waals surface area contributed by atoms with Crippen molar-refractivity contribution >= 4 is 66.1 Å². The first-order valence-corrected chi connectivity index (χ1v) is 16.0. The molecule has 0 fully saturated rings. The second-order valence-electron chi connectivity index (χ2n) is 10.9. The fraction of sp³-hybridized carbons (Fsp3) is 0. The Morgan fingerprint density at radius 1 is 0.333 bits per heavy atom. The average Bonchev–Trinajstić information content (AvgIpc) is 3.07. The van der Waals surface area contributed by atoms with Gasteiger partial charge in [-0.15, -0.1) is 0 Å². The zero-order chi connectivity index (χ0) is 28.1. The number of hydrogen-bond acceptors (Lipinski definition) is 1. The first-order chi connectivity index (χ1) is 20.7. The lowest BCUT2D eigenvalue weighted by Gasteiger charge is -2.21. The van der Waals surface area contributed by atoms with Crippen molar-refractivity contribution in [2.24, 2.45) is 0 Å². The molecule has 0 heterocycles. The summed E-state index contributed by atoms with van der Waals surface area (Å²) in [6.45, 7) is 0. The van der Waals surface area contributed by atoms with E-state index in [1.54, 1.807) is 0 Å². The van der Waals surface area contributed by atoms with Crippen LogP contribution in [0.1, 0.15) is 0 Å². The molecular weight excluding hydrogens is 527 g/mol. The predicted octanol–water partition coefficient (Wildman–Crippen LogP) is 9.61. The van der Waals surface area contributed by atoms with E-state index in [0.717, 1.165) is 32.2 Å². The highest BCUT2D eigenvalue weighted by Crippen LogP contribution is 2.44. The van der Waals surface area contributed by atoms with Crippen LogP contribution in [0.25, 0.3) is 54.2 Å². The Labute approximate surface area is 245 Å². The van der Waals surface area contributed by atoms with Crippen LogP contribution in [0.2, 0.25) is 0 Å². The van der Waals surface area contributed by atoms with Gasteiger partial charge in [-0.3, -0.25) is 0 Å². The minimum atomic E-state index is -3.11. The van der Waals surface area contributed by atoms with Crippen LogP contribution in [0.15, 0.2) is 164 Å². The summed E-state index contributed by atoms with van der Waals surface area (Å²) >= 11 is 0. The van der Waals surface area contributed by atoms with Crippen LogP contribution in [0.4, 0.5) is 0 Å². The van der Waals surface area contributed by atoms with Crippen LogP contribution in [-0.4, -0.2) is 0 Å². The van der Waals surface area contributed by atoms with Gasteiger partial charge < -0.3 is 4.57 Å². The molecule has 198 valence electrons. The van der Waals surface area contributed by atoms with E-state index in [4.69, 9.17) is 0 Å². The molecule has 8 aromatic carbocycles. The van der Waals surface area contributed by atoms with Gasteiger partial charge in [0.2, 0.25) is 0 Å².